The van der Waals surface area contributed by atoms with Crippen molar-refractivity contribution in [1.82, 2.24) is 5.32 Å². The van der Waals surface area contributed by atoms with Crippen LogP contribution in [0.2, 0.25) is 0 Å². The Morgan fingerprint density at radius 1 is 1.47 bits per heavy atom. The van der Waals surface area contributed by atoms with Gasteiger partial charge in [0.1, 0.15) is 11.6 Å². The zero-order valence-corrected chi connectivity index (χ0v) is 9.74. The molecule has 2 rings (SSSR count). The Kier molecular flexibility index (Phi) is 3.31. The first-order chi connectivity index (χ1) is 8.08. The first kappa shape index (κ1) is 11.9. The average Bonchev–Trinajstić information content (AvgIpc) is 2.64. The van der Waals surface area contributed by atoms with Gasteiger partial charge in [0.25, 0.3) is 5.91 Å². The van der Waals surface area contributed by atoms with E-state index in [1.807, 2.05) is 0 Å². The smallest absolute Gasteiger partial charge is 0.255 e. The number of rotatable bonds is 2. The second kappa shape index (κ2) is 4.73. The summed E-state index contributed by atoms with van der Waals surface area (Å²) in [6.07, 6.45) is 3.19. The molecule has 1 aromatic rings. The molecule has 2 atom stereocenters. The summed E-state index contributed by atoms with van der Waals surface area (Å²) in [5.41, 5.74) is 0.130. The van der Waals surface area contributed by atoms with E-state index in [0.717, 1.165) is 25.3 Å². The van der Waals surface area contributed by atoms with E-state index in [-0.39, 0.29) is 23.3 Å². The van der Waals surface area contributed by atoms with Crippen molar-refractivity contribution >= 4 is 5.91 Å². The second-order valence-corrected chi connectivity index (χ2v) is 4.65. The van der Waals surface area contributed by atoms with E-state index in [1.54, 1.807) is 0 Å². The van der Waals surface area contributed by atoms with Crippen LogP contribution in [0.25, 0.3) is 0 Å². The van der Waals surface area contributed by atoms with Crippen LogP contribution in [0.1, 0.15) is 36.5 Å². The van der Waals surface area contributed by atoms with Crippen LogP contribution in [0, 0.1) is 11.7 Å². The molecule has 2 N–H and O–H groups in total. The maximum absolute atomic E-state index is 12.8. The summed E-state index contributed by atoms with van der Waals surface area (Å²) in [4.78, 5) is 11.9. The van der Waals surface area contributed by atoms with Crippen molar-refractivity contribution in [3.63, 3.8) is 0 Å². The predicted molar refractivity (Wildman–Crippen MR) is 62.3 cm³/mol. The number of nitrogens with one attached hydrogen (secondary N) is 1. The van der Waals surface area contributed by atoms with E-state index in [4.69, 9.17) is 0 Å². The highest BCUT2D eigenvalue weighted by Crippen LogP contribution is 2.26. The lowest BCUT2D eigenvalue weighted by Crippen LogP contribution is -2.36. The molecule has 0 bridgehead atoms. The first-order valence-electron chi connectivity index (χ1n) is 5.87. The Bertz CT molecular complexity index is 433. The van der Waals surface area contributed by atoms with Crippen molar-refractivity contribution in [3.05, 3.63) is 29.6 Å². The van der Waals surface area contributed by atoms with Crippen LogP contribution in [0.15, 0.2) is 18.2 Å². The highest BCUT2D eigenvalue weighted by molar-refractivity contribution is 5.96. The second-order valence-electron chi connectivity index (χ2n) is 4.65. The van der Waals surface area contributed by atoms with Gasteiger partial charge in [-0.25, -0.2) is 4.39 Å². The van der Waals surface area contributed by atoms with Crippen LogP contribution in [0.5, 0.6) is 5.75 Å². The molecule has 0 aliphatic heterocycles. The number of hydrogen-bond acceptors (Lipinski definition) is 2. The summed E-state index contributed by atoms with van der Waals surface area (Å²) >= 11 is 0. The average molecular weight is 237 g/mol. The number of phenolic OH excluding ortho intramolecular Hbond substituents is 1. The minimum Gasteiger partial charge on any atom is -0.507 e. The molecule has 1 aliphatic rings. The molecule has 0 saturated heterocycles. The van der Waals surface area contributed by atoms with Gasteiger partial charge in [0.2, 0.25) is 0 Å². The maximum Gasteiger partial charge on any atom is 0.255 e. The normalized spacial score (nSPS) is 23.6. The van der Waals surface area contributed by atoms with Gasteiger partial charge in [0.15, 0.2) is 0 Å². The molecule has 4 heteroatoms. The number of hydrogen-bond donors (Lipinski definition) is 2. The Balaban J connectivity index is 2.09. The first-order valence-corrected chi connectivity index (χ1v) is 5.87. The number of carbonyl (C=O) groups excluding carboxylic acids is 1. The van der Waals surface area contributed by atoms with Crippen molar-refractivity contribution in [3.8, 4) is 5.75 Å². The van der Waals surface area contributed by atoms with Crippen LogP contribution in [-0.4, -0.2) is 17.1 Å². The van der Waals surface area contributed by atoms with Crippen LogP contribution in [0.4, 0.5) is 4.39 Å². The molecular weight excluding hydrogens is 221 g/mol. The Morgan fingerprint density at radius 3 is 2.82 bits per heavy atom. The van der Waals surface area contributed by atoms with Gasteiger partial charge in [-0.1, -0.05) is 13.3 Å². The molecule has 2 unspecified atom stereocenters. The van der Waals surface area contributed by atoms with Gasteiger partial charge in [-0.05, 0) is 30.9 Å². The van der Waals surface area contributed by atoms with Crippen LogP contribution >= 0.6 is 0 Å². The minimum atomic E-state index is -0.548. The summed E-state index contributed by atoms with van der Waals surface area (Å²) in [7, 11) is 0. The van der Waals surface area contributed by atoms with Crippen molar-refractivity contribution < 1.29 is 14.3 Å². The number of benzene rings is 1. The topological polar surface area (TPSA) is 49.3 Å². The standard InChI is InChI=1S/C13H16FNO2/c1-8-3-2-4-11(8)15-13(17)10-6-5-9(14)7-12(10)16/h5-8,11,16H,2-4H2,1H3,(H,15,17). The van der Waals surface area contributed by atoms with Crippen molar-refractivity contribution in [2.24, 2.45) is 5.92 Å². The summed E-state index contributed by atoms with van der Waals surface area (Å²) in [6, 6.07) is 3.59. The third kappa shape index (κ3) is 2.57. The summed E-state index contributed by atoms with van der Waals surface area (Å²) in [5.74, 6) is -0.732. The highest BCUT2D eigenvalue weighted by atomic mass is 19.1. The molecule has 92 valence electrons. The fourth-order valence-electron chi connectivity index (χ4n) is 2.30. The van der Waals surface area contributed by atoms with Crippen LogP contribution in [0.3, 0.4) is 0 Å². The third-order valence-corrected chi connectivity index (χ3v) is 3.38. The molecule has 0 aromatic heterocycles. The molecule has 3 nitrogen and oxygen atoms in total. The van der Waals surface area contributed by atoms with E-state index in [1.165, 1.54) is 12.1 Å². The molecule has 1 saturated carbocycles. The highest BCUT2D eigenvalue weighted by Gasteiger charge is 2.25. The van der Waals surface area contributed by atoms with E-state index in [2.05, 4.69) is 12.2 Å². The van der Waals surface area contributed by atoms with Gasteiger partial charge in [-0.3, -0.25) is 4.79 Å². The van der Waals surface area contributed by atoms with Gasteiger partial charge in [0, 0.05) is 12.1 Å². The van der Waals surface area contributed by atoms with E-state index < -0.39 is 5.82 Å². The minimum absolute atomic E-state index is 0.130. The van der Waals surface area contributed by atoms with Crippen molar-refractivity contribution in [1.29, 1.82) is 0 Å². The number of phenols is 1. The summed E-state index contributed by atoms with van der Waals surface area (Å²) < 4.78 is 12.8. The largest absolute Gasteiger partial charge is 0.507 e. The zero-order valence-electron chi connectivity index (χ0n) is 9.74. The van der Waals surface area contributed by atoms with E-state index >= 15 is 0 Å². The van der Waals surface area contributed by atoms with E-state index in [9.17, 15) is 14.3 Å². The monoisotopic (exact) mass is 237 g/mol. The number of halogens is 1. The molecule has 1 amide bonds. The molecule has 1 fully saturated rings. The molecule has 1 aromatic carbocycles. The van der Waals surface area contributed by atoms with Crippen LogP contribution < -0.4 is 5.32 Å². The fraction of sp³-hybridized carbons (Fsp3) is 0.462. The lowest BCUT2D eigenvalue weighted by atomic mass is 10.1. The molecule has 17 heavy (non-hydrogen) atoms. The van der Waals surface area contributed by atoms with Gasteiger partial charge in [0.05, 0.1) is 5.56 Å². The zero-order chi connectivity index (χ0) is 12.4. The molecule has 0 heterocycles. The lowest BCUT2D eigenvalue weighted by Gasteiger charge is -2.17. The third-order valence-electron chi connectivity index (χ3n) is 3.38. The van der Waals surface area contributed by atoms with Gasteiger partial charge in [-0.2, -0.15) is 0 Å². The summed E-state index contributed by atoms with van der Waals surface area (Å²) in [5, 5.41) is 12.4. The molecule has 0 spiro atoms. The van der Waals surface area contributed by atoms with Gasteiger partial charge in [-0.15, -0.1) is 0 Å². The van der Waals surface area contributed by atoms with Gasteiger partial charge >= 0.3 is 0 Å². The van der Waals surface area contributed by atoms with Gasteiger partial charge < -0.3 is 10.4 Å². The Labute approximate surface area is 99.7 Å². The quantitative estimate of drug-likeness (QED) is 0.830. The van der Waals surface area contributed by atoms with Crippen molar-refractivity contribution in [2.75, 3.05) is 0 Å². The molecular formula is C13H16FNO2. The number of aromatic hydroxyl groups is 1. The van der Waals surface area contributed by atoms with Crippen LogP contribution in [-0.2, 0) is 0 Å². The maximum atomic E-state index is 12.8. The number of carbonyl (C=O) groups is 1. The SMILES string of the molecule is CC1CCCC1NC(=O)c1ccc(F)cc1O. The molecule has 1 aliphatic carbocycles. The van der Waals surface area contributed by atoms with E-state index in [0.29, 0.717) is 5.92 Å². The molecule has 0 radical (unpaired) electrons. The number of amides is 1. The Morgan fingerprint density at radius 2 is 2.24 bits per heavy atom. The van der Waals surface area contributed by atoms with Crippen molar-refractivity contribution in [2.45, 2.75) is 32.2 Å². The predicted octanol–water partition coefficient (Wildman–Crippen LogP) is 2.45. The lowest BCUT2D eigenvalue weighted by molar-refractivity contribution is 0.0927. The fourth-order valence-corrected chi connectivity index (χ4v) is 2.30. The summed E-state index contributed by atoms with van der Waals surface area (Å²) in [6.45, 7) is 2.10. The Hall–Kier alpha value is -1.58.